The van der Waals surface area contributed by atoms with Crippen LogP contribution in [-0.2, 0) is 11.3 Å². The van der Waals surface area contributed by atoms with E-state index in [0.717, 1.165) is 21.7 Å². The van der Waals surface area contributed by atoms with E-state index in [1.165, 1.54) is 0 Å². The summed E-state index contributed by atoms with van der Waals surface area (Å²) in [6.45, 7) is 0.504. The van der Waals surface area contributed by atoms with Crippen LogP contribution in [0.2, 0.25) is 0 Å². The Kier molecular flexibility index (Phi) is 6.30. The molecule has 4 nitrogen and oxygen atoms in total. The van der Waals surface area contributed by atoms with Crippen molar-refractivity contribution in [2.45, 2.75) is 16.7 Å². The van der Waals surface area contributed by atoms with Gasteiger partial charge < -0.3 is 4.90 Å². The van der Waals surface area contributed by atoms with Crippen molar-refractivity contribution in [1.82, 2.24) is 14.7 Å². The summed E-state index contributed by atoms with van der Waals surface area (Å²) in [7, 11) is 1.85. The molecule has 0 saturated heterocycles. The number of rotatable bonds is 7. The lowest BCUT2D eigenvalue weighted by atomic mass is 10.1. The van der Waals surface area contributed by atoms with Gasteiger partial charge in [-0.1, -0.05) is 66.7 Å². The predicted octanol–water partition coefficient (Wildman–Crippen LogP) is 5.36. The molecule has 0 aliphatic carbocycles. The predicted molar refractivity (Wildman–Crippen MR) is 122 cm³/mol. The molecule has 5 heteroatoms. The minimum atomic E-state index is -0.303. The Hall–Kier alpha value is -3.31. The van der Waals surface area contributed by atoms with Crippen LogP contribution >= 0.6 is 11.8 Å². The third-order valence-electron chi connectivity index (χ3n) is 4.78. The lowest BCUT2D eigenvalue weighted by Crippen LogP contribution is -2.30. The van der Waals surface area contributed by atoms with Gasteiger partial charge in [0.15, 0.2) is 0 Å². The number of hydrogen-bond donors (Lipinski definition) is 0. The Morgan fingerprint density at radius 1 is 0.933 bits per heavy atom. The molecule has 30 heavy (non-hydrogen) atoms. The van der Waals surface area contributed by atoms with Crippen LogP contribution in [0.4, 0.5) is 0 Å². The summed E-state index contributed by atoms with van der Waals surface area (Å²) in [5, 5.41) is 4.14. The number of amides is 1. The first-order valence-corrected chi connectivity index (χ1v) is 10.7. The summed E-state index contributed by atoms with van der Waals surface area (Å²) in [5.41, 5.74) is 2.99. The largest absolute Gasteiger partial charge is 0.340 e. The highest BCUT2D eigenvalue weighted by atomic mass is 32.2. The first kappa shape index (κ1) is 20.0. The normalized spacial score (nSPS) is 11.8. The van der Waals surface area contributed by atoms with Gasteiger partial charge in [0.2, 0.25) is 5.91 Å². The molecule has 4 rings (SSSR count). The van der Waals surface area contributed by atoms with Gasteiger partial charge in [0, 0.05) is 30.2 Å². The van der Waals surface area contributed by atoms with E-state index in [-0.39, 0.29) is 11.2 Å². The molecule has 0 unspecified atom stereocenters. The molecule has 0 N–H and O–H groups in total. The molecule has 4 aromatic rings. The Bertz CT molecular complexity index is 1080. The third kappa shape index (κ3) is 4.81. The molecule has 1 aromatic heterocycles. The summed E-state index contributed by atoms with van der Waals surface area (Å²) < 4.78 is 1.83. The number of carbonyl (C=O) groups excluding carboxylic acids is 1. The van der Waals surface area contributed by atoms with Gasteiger partial charge in [-0.15, -0.1) is 11.8 Å². The zero-order chi connectivity index (χ0) is 20.8. The van der Waals surface area contributed by atoms with Crippen LogP contribution in [0, 0.1) is 0 Å². The second-order valence-corrected chi connectivity index (χ2v) is 8.22. The van der Waals surface area contributed by atoms with E-state index in [1.54, 1.807) is 16.7 Å². The molecule has 0 aliphatic heterocycles. The van der Waals surface area contributed by atoms with Gasteiger partial charge in [-0.05, 0) is 29.8 Å². The minimum absolute atomic E-state index is 0.0718. The average molecular weight is 414 g/mol. The van der Waals surface area contributed by atoms with Crippen molar-refractivity contribution in [2.75, 3.05) is 7.05 Å². The zero-order valence-corrected chi connectivity index (χ0v) is 17.6. The summed E-state index contributed by atoms with van der Waals surface area (Å²) in [4.78, 5) is 16.3. The number of hydrogen-bond acceptors (Lipinski definition) is 3. The lowest BCUT2D eigenvalue weighted by Gasteiger charge is -2.23. The smallest absolute Gasteiger partial charge is 0.240 e. The van der Waals surface area contributed by atoms with E-state index >= 15 is 0 Å². The molecule has 1 amide bonds. The monoisotopic (exact) mass is 413 g/mol. The minimum Gasteiger partial charge on any atom is -0.340 e. The second kappa shape index (κ2) is 9.46. The van der Waals surface area contributed by atoms with Gasteiger partial charge in [-0.25, -0.2) is 4.68 Å². The van der Waals surface area contributed by atoms with E-state index in [9.17, 15) is 4.79 Å². The van der Waals surface area contributed by atoms with Crippen LogP contribution in [0.1, 0.15) is 16.4 Å². The Labute approximate surface area is 181 Å². The van der Waals surface area contributed by atoms with Crippen molar-refractivity contribution < 1.29 is 4.79 Å². The number of likely N-dealkylation sites (N-methyl/N-ethyl adjacent to an activating group) is 1. The van der Waals surface area contributed by atoms with Crippen molar-refractivity contribution in [2.24, 2.45) is 0 Å². The Balaban J connectivity index is 1.52. The first-order valence-electron chi connectivity index (χ1n) is 9.81. The molecule has 3 aromatic carbocycles. The zero-order valence-electron chi connectivity index (χ0n) is 16.8. The van der Waals surface area contributed by atoms with Crippen LogP contribution in [0.15, 0.2) is 108 Å². The van der Waals surface area contributed by atoms with E-state index in [4.69, 9.17) is 0 Å². The van der Waals surface area contributed by atoms with Crippen molar-refractivity contribution in [3.8, 4) is 5.69 Å². The quantitative estimate of drug-likeness (QED) is 0.383. The van der Waals surface area contributed by atoms with E-state index in [1.807, 2.05) is 115 Å². The Morgan fingerprint density at radius 3 is 2.20 bits per heavy atom. The topological polar surface area (TPSA) is 38.1 Å². The van der Waals surface area contributed by atoms with Crippen LogP contribution in [-0.4, -0.2) is 27.6 Å². The fraction of sp³-hybridized carbons (Fsp3) is 0.120. The summed E-state index contributed by atoms with van der Waals surface area (Å²) in [5.74, 6) is 0.0718. The maximum Gasteiger partial charge on any atom is 0.240 e. The highest BCUT2D eigenvalue weighted by molar-refractivity contribution is 8.00. The van der Waals surface area contributed by atoms with Crippen molar-refractivity contribution in [3.05, 3.63) is 115 Å². The number of benzene rings is 3. The fourth-order valence-electron chi connectivity index (χ4n) is 3.24. The third-order valence-corrected chi connectivity index (χ3v) is 6.03. The number of thioether (sulfide) groups is 1. The van der Waals surface area contributed by atoms with Gasteiger partial charge >= 0.3 is 0 Å². The maximum atomic E-state index is 13.4. The molecule has 0 bridgehead atoms. The standard InChI is InChI=1S/C25H23N3OS/c1-27(18-20-17-26-28(19-20)22-13-7-3-8-14-22)25(29)24(21-11-5-2-6-12-21)30-23-15-9-4-10-16-23/h2-17,19,24H,18H2,1H3/t24-/m1/s1. The molecule has 0 radical (unpaired) electrons. The van der Waals surface area contributed by atoms with E-state index < -0.39 is 0 Å². The SMILES string of the molecule is CN(Cc1cnn(-c2ccccc2)c1)C(=O)[C@H](Sc1ccccc1)c1ccccc1. The second-order valence-electron chi connectivity index (χ2n) is 7.04. The molecule has 0 aliphatic rings. The van der Waals surface area contributed by atoms with Gasteiger partial charge in [0.1, 0.15) is 5.25 Å². The molecule has 0 fully saturated rings. The van der Waals surface area contributed by atoms with Crippen molar-refractivity contribution in [1.29, 1.82) is 0 Å². The highest BCUT2D eigenvalue weighted by Crippen LogP contribution is 2.36. The molecule has 1 heterocycles. The van der Waals surface area contributed by atoms with Gasteiger partial charge in [0.05, 0.1) is 11.9 Å². The number of carbonyl (C=O) groups is 1. The molecule has 150 valence electrons. The first-order chi connectivity index (χ1) is 14.7. The summed E-state index contributed by atoms with van der Waals surface area (Å²) in [6.07, 6.45) is 3.79. The maximum absolute atomic E-state index is 13.4. The van der Waals surface area contributed by atoms with E-state index in [2.05, 4.69) is 5.10 Å². The fourth-order valence-corrected chi connectivity index (χ4v) is 4.40. The summed E-state index contributed by atoms with van der Waals surface area (Å²) >= 11 is 1.58. The molecule has 0 saturated carbocycles. The molecule has 0 spiro atoms. The Morgan fingerprint density at radius 2 is 1.53 bits per heavy atom. The molecule has 1 atom stereocenters. The van der Waals surface area contributed by atoms with Gasteiger partial charge in [-0.2, -0.15) is 5.10 Å². The van der Waals surface area contributed by atoms with Gasteiger partial charge in [0.25, 0.3) is 0 Å². The molecular weight excluding hydrogens is 390 g/mol. The van der Waals surface area contributed by atoms with Crippen molar-refractivity contribution in [3.63, 3.8) is 0 Å². The highest BCUT2D eigenvalue weighted by Gasteiger charge is 2.25. The van der Waals surface area contributed by atoms with Crippen LogP contribution < -0.4 is 0 Å². The summed E-state index contributed by atoms with van der Waals surface area (Å²) in [6, 6.07) is 30.0. The van der Waals surface area contributed by atoms with Crippen LogP contribution in [0.5, 0.6) is 0 Å². The molecular formula is C25H23N3OS. The number of aromatic nitrogens is 2. The van der Waals surface area contributed by atoms with Crippen LogP contribution in [0.3, 0.4) is 0 Å². The van der Waals surface area contributed by atoms with Crippen LogP contribution in [0.25, 0.3) is 5.69 Å². The lowest BCUT2D eigenvalue weighted by molar-refractivity contribution is -0.129. The van der Waals surface area contributed by atoms with Crippen molar-refractivity contribution >= 4 is 17.7 Å². The number of para-hydroxylation sites is 1. The number of nitrogens with zero attached hydrogens (tertiary/aromatic N) is 3. The van der Waals surface area contributed by atoms with Gasteiger partial charge in [-0.3, -0.25) is 4.79 Å². The van der Waals surface area contributed by atoms with E-state index in [0.29, 0.717) is 6.54 Å². The average Bonchev–Trinajstić information content (AvgIpc) is 3.27.